The molecule has 0 saturated heterocycles. The van der Waals surface area contributed by atoms with Crippen LogP contribution in [0.5, 0.6) is 5.75 Å². The maximum Gasteiger partial charge on any atom is 0.119 e. The molecule has 0 aliphatic heterocycles. The molecule has 3 N–H and O–H groups in total. The SMILES string of the molecule is COc1ccc2[nH]cc(CCNCC(O)c3cccc(Cl)c3)c2c1. The van der Waals surface area contributed by atoms with Gasteiger partial charge in [0.2, 0.25) is 0 Å². The van der Waals surface area contributed by atoms with Crippen molar-refractivity contribution in [1.82, 2.24) is 10.3 Å². The fourth-order valence-corrected chi connectivity index (χ4v) is 2.98. The molecule has 1 unspecified atom stereocenters. The van der Waals surface area contributed by atoms with Crippen LogP contribution in [0.2, 0.25) is 5.02 Å². The molecule has 3 rings (SSSR count). The van der Waals surface area contributed by atoms with E-state index in [1.165, 1.54) is 10.9 Å². The van der Waals surface area contributed by atoms with E-state index in [1.54, 1.807) is 19.2 Å². The number of hydrogen-bond donors (Lipinski definition) is 3. The highest BCUT2D eigenvalue weighted by molar-refractivity contribution is 6.30. The van der Waals surface area contributed by atoms with Crippen LogP contribution >= 0.6 is 11.6 Å². The predicted octanol–water partition coefficient (Wildman–Crippen LogP) is 3.70. The minimum Gasteiger partial charge on any atom is -0.497 e. The number of halogens is 1. The Morgan fingerprint density at radius 3 is 2.92 bits per heavy atom. The van der Waals surface area contributed by atoms with Gasteiger partial charge < -0.3 is 20.1 Å². The highest BCUT2D eigenvalue weighted by atomic mass is 35.5. The lowest BCUT2D eigenvalue weighted by molar-refractivity contribution is 0.175. The number of fused-ring (bicyclic) bond motifs is 1. The average Bonchev–Trinajstić information content (AvgIpc) is 3.00. The van der Waals surface area contributed by atoms with Crippen molar-refractivity contribution in [3.05, 3.63) is 64.8 Å². The summed E-state index contributed by atoms with van der Waals surface area (Å²) in [7, 11) is 1.67. The summed E-state index contributed by atoms with van der Waals surface area (Å²) in [5.41, 5.74) is 3.16. The van der Waals surface area contributed by atoms with Crippen molar-refractivity contribution >= 4 is 22.5 Å². The van der Waals surface area contributed by atoms with E-state index in [4.69, 9.17) is 16.3 Å². The monoisotopic (exact) mass is 344 g/mol. The van der Waals surface area contributed by atoms with Gasteiger partial charge >= 0.3 is 0 Å². The molecule has 1 atom stereocenters. The van der Waals surface area contributed by atoms with Crippen molar-refractivity contribution in [2.24, 2.45) is 0 Å². The van der Waals surface area contributed by atoms with E-state index in [0.717, 1.165) is 29.8 Å². The van der Waals surface area contributed by atoms with E-state index in [0.29, 0.717) is 11.6 Å². The molecule has 0 aliphatic rings. The fourth-order valence-electron chi connectivity index (χ4n) is 2.78. The number of H-pyrrole nitrogens is 1. The van der Waals surface area contributed by atoms with Gasteiger partial charge in [0.1, 0.15) is 5.75 Å². The number of aromatic nitrogens is 1. The van der Waals surface area contributed by atoms with Gasteiger partial charge in [-0.15, -0.1) is 0 Å². The first-order valence-electron chi connectivity index (χ1n) is 7.95. The van der Waals surface area contributed by atoms with Crippen LogP contribution in [0.1, 0.15) is 17.2 Å². The first kappa shape index (κ1) is 16.8. The molecule has 0 amide bonds. The summed E-state index contributed by atoms with van der Waals surface area (Å²) in [6.45, 7) is 1.27. The van der Waals surface area contributed by atoms with Crippen molar-refractivity contribution in [2.75, 3.05) is 20.2 Å². The summed E-state index contributed by atoms with van der Waals surface area (Å²) in [4.78, 5) is 3.27. The molecule has 24 heavy (non-hydrogen) atoms. The van der Waals surface area contributed by atoms with Gasteiger partial charge in [0.05, 0.1) is 13.2 Å². The molecule has 126 valence electrons. The summed E-state index contributed by atoms with van der Waals surface area (Å²) >= 11 is 5.95. The topological polar surface area (TPSA) is 57.3 Å². The van der Waals surface area contributed by atoms with E-state index >= 15 is 0 Å². The maximum absolute atomic E-state index is 10.2. The van der Waals surface area contributed by atoms with Gasteiger partial charge in [-0.1, -0.05) is 23.7 Å². The van der Waals surface area contributed by atoms with Crippen LogP contribution in [0.25, 0.3) is 10.9 Å². The van der Waals surface area contributed by atoms with Crippen molar-refractivity contribution in [3.8, 4) is 5.75 Å². The number of ether oxygens (including phenoxy) is 1. The Labute approximate surface area is 146 Å². The molecule has 1 aromatic heterocycles. The van der Waals surface area contributed by atoms with Crippen LogP contribution in [0.15, 0.2) is 48.7 Å². The molecule has 0 aliphatic carbocycles. The molecular weight excluding hydrogens is 324 g/mol. The Morgan fingerprint density at radius 1 is 1.25 bits per heavy atom. The van der Waals surface area contributed by atoms with Crippen molar-refractivity contribution in [1.29, 1.82) is 0 Å². The van der Waals surface area contributed by atoms with Crippen LogP contribution in [0.4, 0.5) is 0 Å². The maximum atomic E-state index is 10.2. The lowest BCUT2D eigenvalue weighted by atomic mass is 10.1. The van der Waals surface area contributed by atoms with Crippen LogP contribution in [0.3, 0.4) is 0 Å². The average molecular weight is 345 g/mol. The molecule has 3 aromatic rings. The highest BCUT2D eigenvalue weighted by Crippen LogP contribution is 2.24. The summed E-state index contributed by atoms with van der Waals surface area (Å²) < 4.78 is 5.29. The van der Waals surface area contributed by atoms with Crippen molar-refractivity contribution in [2.45, 2.75) is 12.5 Å². The molecular formula is C19H21ClN2O2. The lowest BCUT2D eigenvalue weighted by Crippen LogP contribution is -2.23. The molecule has 2 aromatic carbocycles. The molecule has 5 heteroatoms. The minimum absolute atomic E-state index is 0.492. The molecule has 4 nitrogen and oxygen atoms in total. The Kier molecular flexibility index (Phi) is 5.41. The van der Waals surface area contributed by atoms with E-state index in [9.17, 15) is 5.11 Å². The van der Waals surface area contributed by atoms with E-state index in [2.05, 4.69) is 10.3 Å². The van der Waals surface area contributed by atoms with Gasteiger partial charge in [0.15, 0.2) is 0 Å². The molecule has 1 heterocycles. The Bertz CT molecular complexity index is 816. The number of hydrogen-bond acceptors (Lipinski definition) is 3. The van der Waals surface area contributed by atoms with Gasteiger partial charge in [-0.2, -0.15) is 0 Å². The first-order valence-corrected chi connectivity index (χ1v) is 8.33. The smallest absolute Gasteiger partial charge is 0.119 e. The minimum atomic E-state index is -0.563. The molecule has 0 saturated carbocycles. The second kappa shape index (κ2) is 7.71. The number of aliphatic hydroxyl groups is 1. The number of benzene rings is 2. The predicted molar refractivity (Wildman–Crippen MR) is 97.8 cm³/mol. The fraction of sp³-hybridized carbons (Fsp3) is 0.263. The number of aromatic amines is 1. The van der Waals surface area contributed by atoms with Gasteiger partial charge in [0, 0.05) is 28.7 Å². The van der Waals surface area contributed by atoms with E-state index < -0.39 is 6.10 Å². The third kappa shape index (κ3) is 3.90. The number of aliphatic hydroxyl groups excluding tert-OH is 1. The zero-order valence-corrected chi connectivity index (χ0v) is 14.3. The van der Waals surface area contributed by atoms with Crippen LogP contribution < -0.4 is 10.1 Å². The zero-order valence-electron chi connectivity index (χ0n) is 13.6. The Hall–Kier alpha value is -2.01. The standard InChI is InChI=1S/C19H21ClN2O2/c1-24-16-5-6-18-17(10-16)14(11-22-18)7-8-21-12-19(23)13-3-2-4-15(20)9-13/h2-6,9-11,19,21-23H,7-8,12H2,1H3. The molecule has 0 spiro atoms. The third-order valence-corrected chi connectivity index (χ3v) is 4.35. The lowest BCUT2D eigenvalue weighted by Gasteiger charge is -2.12. The third-order valence-electron chi connectivity index (χ3n) is 4.12. The largest absolute Gasteiger partial charge is 0.497 e. The van der Waals surface area contributed by atoms with Crippen LogP contribution in [-0.4, -0.2) is 30.3 Å². The summed E-state index contributed by atoms with van der Waals surface area (Å²) in [5, 5.41) is 15.3. The van der Waals surface area contributed by atoms with E-state index in [1.807, 2.05) is 36.5 Å². The summed E-state index contributed by atoms with van der Waals surface area (Å²) in [6.07, 6.45) is 2.33. The second-order valence-corrected chi connectivity index (χ2v) is 6.19. The Balaban J connectivity index is 1.55. The second-order valence-electron chi connectivity index (χ2n) is 5.75. The van der Waals surface area contributed by atoms with Crippen LogP contribution in [-0.2, 0) is 6.42 Å². The normalized spacial score (nSPS) is 12.5. The Morgan fingerprint density at radius 2 is 2.12 bits per heavy atom. The van der Waals surface area contributed by atoms with Gasteiger partial charge in [-0.25, -0.2) is 0 Å². The first-order chi connectivity index (χ1) is 11.7. The quantitative estimate of drug-likeness (QED) is 0.573. The van der Waals surface area contributed by atoms with Crippen LogP contribution in [0, 0.1) is 0 Å². The molecule has 0 radical (unpaired) electrons. The highest BCUT2D eigenvalue weighted by Gasteiger charge is 2.08. The molecule has 0 bridgehead atoms. The van der Waals surface area contributed by atoms with Gasteiger partial charge in [0.25, 0.3) is 0 Å². The van der Waals surface area contributed by atoms with E-state index in [-0.39, 0.29) is 0 Å². The van der Waals surface area contributed by atoms with Gasteiger partial charge in [-0.3, -0.25) is 0 Å². The molecule has 0 fully saturated rings. The number of methoxy groups -OCH3 is 1. The van der Waals surface area contributed by atoms with Gasteiger partial charge in [-0.05, 0) is 54.4 Å². The summed E-state index contributed by atoms with van der Waals surface area (Å²) in [6, 6.07) is 13.3. The van der Waals surface area contributed by atoms with Crippen molar-refractivity contribution in [3.63, 3.8) is 0 Å². The number of nitrogens with one attached hydrogen (secondary N) is 2. The zero-order chi connectivity index (χ0) is 16.9. The van der Waals surface area contributed by atoms with Crippen molar-refractivity contribution < 1.29 is 9.84 Å². The number of rotatable bonds is 7. The summed E-state index contributed by atoms with van der Waals surface area (Å²) in [5.74, 6) is 0.854.